The molecule has 2 rings (SSSR count). The Kier molecular flexibility index (Phi) is 1.42. The Balaban J connectivity index is 2.91. The van der Waals surface area contributed by atoms with Crippen LogP contribution in [0.1, 0.15) is 5.56 Å². The van der Waals surface area contributed by atoms with Gasteiger partial charge < -0.3 is 0 Å². The van der Waals surface area contributed by atoms with Crippen molar-refractivity contribution in [2.24, 2.45) is 0 Å². The highest BCUT2D eigenvalue weighted by Crippen LogP contribution is 2.17. The summed E-state index contributed by atoms with van der Waals surface area (Å²) < 4.78 is 0.840. The molecule has 0 fully saturated rings. The molecule has 1 N–H and O–H groups in total. The molecule has 2 aromatic rings. The molecule has 0 amide bonds. The standard InChI is InChI=1S/C7H6BrN3/c1-4-2-6(8)10-7-5(4)3-9-11-7/h2-3H,1H3,(H,9,10,11). The largest absolute Gasteiger partial charge is 0.261 e. The predicted octanol–water partition coefficient (Wildman–Crippen LogP) is 2.03. The number of hydrogen-bond acceptors (Lipinski definition) is 2. The smallest absolute Gasteiger partial charge is 0.156 e. The molecule has 3 nitrogen and oxygen atoms in total. The van der Waals surface area contributed by atoms with Gasteiger partial charge in [-0.3, -0.25) is 5.10 Å². The van der Waals surface area contributed by atoms with Gasteiger partial charge in [-0.15, -0.1) is 0 Å². The van der Waals surface area contributed by atoms with Gasteiger partial charge >= 0.3 is 0 Å². The Morgan fingerprint density at radius 2 is 2.36 bits per heavy atom. The number of fused-ring (bicyclic) bond motifs is 1. The van der Waals surface area contributed by atoms with Gasteiger partial charge in [0.05, 0.1) is 6.20 Å². The van der Waals surface area contributed by atoms with Gasteiger partial charge in [0.2, 0.25) is 0 Å². The van der Waals surface area contributed by atoms with E-state index in [2.05, 4.69) is 31.1 Å². The molecule has 0 atom stereocenters. The van der Waals surface area contributed by atoms with Crippen LogP contribution in [-0.2, 0) is 0 Å². The number of pyridine rings is 1. The van der Waals surface area contributed by atoms with Gasteiger partial charge in [-0.05, 0) is 34.5 Å². The number of H-pyrrole nitrogens is 1. The lowest BCUT2D eigenvalue weighted by Crippen LogP contribution is -1.81. The zero-order valence-corrected chi connectivity index (χ0v) is 7.51. The number of nitrogens with one attached hydrogen (secondary N) is 1. The summed E-state index contributed by atoms with van der Waals surface area (Å²) in [6.45, 7) is 2.03. The van der Waals surface area contributed by atoms with Crippen molar-refractivity contribution in [1.82, 2.24) is 15.2 Å². The molecule has 0 bridgehead atoms. The maximum Gasteiger partial charge on any atom is 0.156 e. The summed E-state index contributed by atoms with van der Waals surface area (Å²) in [6, 6.07) is 1.97. The molecule has 11 heavy (non-hydrogen) atoms. The van der Waals surface area contributed by atoms with Crippen LogP contribution in [0.2, 0.25) is 0 Å². The van der Waals surface area contributed by atoms with Crippen LogP contribution in [-0.4, -0.2) is 15.2 Å². The molecule has 0 aliphatic heterocycles. The SMILES string of the molecule is Cc1cc(Br)nc2[nH]ncc12. The summed E-state index contributed by atoms with van der Waals surface area (Å²) in [5.74, 6) is 0. The van der Waals surface area contributed by atoms with Gasteiger partial charge in [-0.1, -0.05) is 0 Å². The number of aromatic amines is 1. The van der Waals surface area contributed by atoms with Crippen LogP contribution in [0.25, 0.3) is 11.0 Å². The zero-order chi connectivity index (χ0) is 7.84. The summed E-state index contributed by atoms with van der Waals surface area (Å²) >= 11 is 3.31. The summed E-state index contributed by atoms with van der Waals surface area (Å²) in [6.07, 6.45) is 1.78. The fourth-order valence-electron chi connectivity index (χ4n) is 1.05. The molecule has 2 heterocycles. The third-order valence-corrected chi connectivity index (χ3v) is 2.00. The van der Waals surface area contributed by atoms with Gasteiger partial charge in [0.1, 0.15) is 4.60 Å². The van der Waals surface area contributed by atoms with Gasteiger partial charge in [-0.25, -0.2) is 4.98 Å². The van der Waals surface area contributed by atoms with Gasteiger partial charge in [0.25, 0.3) is 0 Å². The van der Waals surface area contributed by atoms with Crippen LogP contribution in [0, 0.1) is 6.92 Å². The minimum absolute atomic E-state index is 0.830. The molecule has 0 aliphatic carbocycles. The van der Waals surface area contributed by atoms with E-state index in [0.29, 0.717) is 0 Å². The van der Waals surface area contributed by atoms with Crippen molar-refractivity contribution in [2.45, 2.75) is 6.92 Å². The van der Waals surface area contributed by atoms with E-state index in [1.54, 1.807) is 6.20 Å². The Hall–Kier alpha value is -0.900. The van der Waals surface area contributed by atoms with Crippen molar-refractivity contribution in [1.29, 1.82) is 0 Å². The maximum atomic E-state index is 4.20. The number of halogens is 1. The average Bonchev–Trinajstić information content (AvgIpc) is 2.34. The minimum Gasteiger partial charge on any atom is -0.261 e. The highest BCUT2D eigenvalue weighted by Gasteiger charge is 2.00. The second kappa shape index (κ2) is 2.30. The van der Waals surface area contributed by atoms with Gasteiger partial charge in [0.15, 0.2) is 5.65 Å². The summed E-state index contributed by atoms with van der Waals surface area (Å²) in [4.78, 5) is 4.20. The number of rotatable bonds is 0. The number of aryl methyl sites for hydroxylation is 1. The Bertz CT molecular complexity index is 393. The van der Waals surface area contributed by atoms with E-state index in [9.17, 15) is 0 Å². The minimum atomic E-state index is 0.830. The first-order valence-electron chi connectivity index (χ1n) is 3.23. The fraction of sp³-hybridized carbons (Fsp3) is 0.143. The highest BCUT2D eigenvalue weighted by molar-refractivity contribution is 9.10. The molecular formula is C7H6BrN3. The Morgan fingerprint density at radius 3 is 3.18 bits per heavy atom. The second-order valence-corrected chi connectivity index (χ2v) is 3.21. The lowest BCUT2D eigenvalue weighted by atomic mass is 10.2. The molecule has 0 saturated carbocycles. The molecule has 0 aliphatic rings. The monoisotopic (exact) mass is 211 g/mol. The van der Waals surface area contributed by atoms with Crippen LogP contribution in [0.5, 0.6) is 0 Å². The number of nitrogens with zero attached hydrogens (tertiary/aromatic N) is 2. The maximum absolute atomic E-state index is 4.20. The lowest BCUT2D eigenvalue weighted by Gasteiger charge is -1.94. The summed E-state index contributed by atoms with van der Waals surface area (Å²) in [7, 11) is 0. The molecule has 56 valence electrons. The van der Waals surface area contributed by atoms with Crippen molar-refractivity contribution in [2.75, 3.05) is 0 Å². The Labute approximate surface area is 72.0 Å². The molecule has 0 unspecified atom stereocenters. The zero-order valence-electron chi connectivity index (χ0n) is 5.93. The third kappa shape index (κ3) is 1.03. The first-order valence-corrected chi connectivity index (χ1v) is 4.03. The first kappa shape index (κ1) is 6.79. The van der Waals surface area contributed by atoms with Gasteiger partial charge in [0, 0.05) is 5.39 Å². The Morgan fingerprint density at radius 1 is 1.55 bits per heavy atom. The second-order valence-electron chi connectivity index (χ2n) is 2.39. The average molecular weight is 212 g/mol. The van der Waals surface area contributed by atoms with E-state index in [1.807, 2.05) is 13.0 Å². The van der Waals surface area contributed by atoms with E-state index in [-0.39, 0.29) is 0 Å². The first-order chi connectivity index (χ1) is 5.27. The van der Waals surface area contributed by atoms with Crippen LogP contribution in [0.4, 0.5) is 0 Å². The quantitative estimate of drug-likeness (QED) is 0.678. The van der Waals surface area contributed by atoms with Crippen molar-refractivity contribution in [3.63, 3.8) is 0 Å². The van der Waals surface area contributed by atoms with E-state index >= 15 is 0 Å². The number of aromatic nitrogens is 3. The molecular weight excluding hydrogens is 206 g/mol. The van der Waals surface area contributed by atoms with Crippen LogP contribution in [0.3, 0.4) is 0 Å². The molecule has 0 spiro atoms. The lowest BCUT2D eigenvalue weighted by molar-refractivity contribution is 1.09. The van der Waals surface area contributed by atoms with E-state index < -0.39 is 0 Å². The summed E-state index contributed by atoms with van der Waals surface area (Å²) in [5, 5.41) is 7.78. The molecule has 2 aromatic heterocycles. The van der Waals surface area contributed by atoms with Crippen molar-refractivity contribution < 1.29 is 0 Å². The third-order valence-electron chi connectivity index (χ3n) is 1.60. The topological polar surface area (TPSA) is 41.6 Å². The fourth-order valence-corrected chi connectivity index (χ4v) is 1.57. The highest BCUT2D eigenvalue weighted by atomic mass is 79.9. The van der Waals surface area contributed by atoms with E-state index in [1.165, 1.54) is 5.56 Å². The summed E-state index contributed by atoms with van der Waals surface area (Å²) in [5.41, 5.74) is 2.01. The van der Waals surface area contributed by atoms with E-state index in [4.69, 9.17) is 0 Å². The normalized spacial score (nSPS) is 10.7. The van der Waals surface area contributed by atoms with Crippen molar-refractivity contribution in [3.05, 3.63) is 22.4 Å². The number of hydrogen-bond donors (Lipinski definition) is 1. The molecule has 0 saturated heterocycles. The van der Waals surface area contributed by atoms with Crippen molar-refractivity contribution in [3.8, 4) is 0 Å². The van der Waals surface area contributed by atoms with Crippen LogP contribution < -0.4 is 0 Å². The molecule has 4 heteroatoms. The van der Waals surface area contributed by atoms with E-state index in [0.717, 1.165) is 15.6 Å². The van der Waals surface area contributed by atoms with Gasteiger partial charge in [-0.2, -0.15) is 5.10 Å². The van der Waals surface area contributed by atoms with Crippen LogP contribution >= 0.6 is 15.9 Å². The molecule has 0 radical (unpaired) electrons. The predicted molar refractivity (Wildman–Crippen MR) is 46.3 cm³/mol. The van der Waals surface area contributed by atoms with Crippen LogP contribution in [0.15, 0.2) is 16.9 Å². The molecule has 0 aromatic carbocycles. The van der Waals surface area contributed by atoms with Crippen molar-refractivity contribution >= 4 is 27.0 Å².